The van der Waals surface area contributed by atoms with Gasteiger partial charge in [0.15, 0.2) is 0 Å². The van der Waals surface area contributed by atoms with Gasteiger partial charge in [-0.3, -0.25) is 0 Å². The minimum Gasteiger partial charge on any atom is -0.398 e. The monoisotopic (exact) mass is 360 g/mol. The second kappa shape index (κ2) is 11.5. The largest absolute Gasteiger partial charge is 0.398 e. The van der Waals surface area contributed by atoms with Crippen LogP contribution in [0.1, 0.15) is 6.42 Å². The average Bonchev–Trinajstić information content (AvgIpc) is 2.50. The van der Waals surface area contributed by atoms with Gasteiger partial charge < -0.3 is 22.8 Å². The first-order valence-electron chi connectivity index (χ1n) is 6.57. The molecule has 0 saturated carbocycles. The van der Waals surface area contributed by atoms with Gasteiger partial charge >= 0.3 is 17.1 Å². The van der Waals surface area contributed by atoms with Crippen LogP contribution in [0, 0.1) is 0 Å². The summed E-state index contributed by atoms with van der Waals surface area (Å²) in [6.45, 7) is 2.08. The van der Waals surface area contributed by atoms with Gasteiger partial charge in [0.05, 0.1) is 6.23 Å². The molecule has 0 aliphatic heterocycles. The van der Waals surface area contributed by atoms with Crippen LogP contribution in [0.25, 0.3) is 0 Å². The van der Waals surface area contributed by atoms with Crippen LogP contribution >= 0.6 is 21.6 Å². The molecule has 5 nitrogen and oxygen atoms in total. The predicted molar refractivity (Wildman–Crippen MR) is 91.6 cm³/mol. The van der Waals surface area contributed by atoms with Crippen molar-refractivity contribution in [2.45, 2.75) is 25.1 Å². The zero-order valence-electron chi connectivity index (χ0n) is 13.1. The van der Waals surface area contributed by atoms with Crippen molar-refractivity contribution in [2.75, 3.05) is 46.2 Å². The third-order valence-electron chi connectivity index (χ3n) is 3.36. The van der Waals surface area contributed by atoms with Crippen LogP contribution in [0.3, 0.4) is 0 Å². The summed E-state index contributed by atoms with van der Waals surface area (Å²) >= 11 is 0. The van der Waals surface area contributed by atoms with Crippen LogP contribution in [0.4, 0.5) is 0 Å². The van der Waals surface area contributed by atoms with E-state index in [2.05, 4.69) is 6.55 Å². The van der Waals surface area contributed by atoms with Crippen molar-refractivity contribution in [1.29, 1.82) is 0 Å². The van der Waals surface area contributed by atoms with Crippen LogP contribution in [0.15, 0.2) is 0 Å². The highest BCUT2D eigenvalue weighted by Gasteiger charge is 2.34. The van der Waals surface area contributed by atoms with Gasteiger partial charge in [-0.1, -0.05) is 21.6 Å². The molecule has 0 fully saturated rings. The molecule has 0 heterocycles. The van der Waals surface area contributed by atoms with Gasteiger partial charge in [0.1, 0.15) is 0 Å². The van der Waals surface area contributed by atoms with Crippen molar-refractivity contribution in [2.24, 2.45) is 0 Å². The summed E-state index contributed by atoms with van der Waals surface area (Å²) in [5, 5.41) is 9.34. The van der Waals surface area contributed by atoms with E-state index < -0.39 is 17.1 Å². The molecule has 1 N–H and O–H groups in total. The smallest absolute Gasteiger partial charge is 0.364 e. The Bertz CT molecular complexity index is 233. The van der Waals surface area contributed by atoms with Crippen molar-refractivity contribution in [3.8, 4) is 0 Å². The molecule has 0 spiro atoms. The Hall–Kier alpha value is 0.934. The van der Waals surface area contributed by atoms with Crippen molar-refractivity contribution in [3.63, 3.8) is 0 Å². The zero-order valence-corrected chi connectivity index (χ0v) is 16.8. The third kappa shape index (κ3) is 7.80. The molecule has 122 valence electrons. The van der Waals surface area contributed by atoms with Gasteiger partial charge in [-0.25, -0.2) is 0 Å². The van der Waals surface area contributed by atoms with E-state index in [0.29, 0.717) is 0 Å². The molecule has 9 heteroatoms. The molecule has 0 aromatic heterocycles. The van der Waals surface area contributed by atoms with Gasteiger partial charge in [-0.15, -0.1) is 0 Å². The number of aliphatic hydroxyl groups is 1. The second-order valence-electron chi connectivity index (χ2n) is 4.52. The fraction of sp³-hybridized carbons (Fsp3) is 1.00. The molecule has 0 aliphatic rings. The van der Waals surface area contributed by atoms with Crippen molar-refractivity contribution >= 4 is 38.7 Å². The summed E-state index contributed by atoms with van der Waals surface area (Å²) in [7, 11) is 6.14. The van der Waals surface area contributed by atoms with Gasteiger partial charge in [-0.05, 0) is 19.0 Å². The highest BCUT2D eigenvalue weighted by atomic mass is 33.1. The Morgan fingerprint density at radius 3 is 1.85 bits per heavy atom. The Balaban J connectivity index is 3.68. The molecule has 0 saturated heterocycles. The molecular weight excluding hydrogens is 332 g/mol. The number of rotatable bonds is 13. The average molecular weight is 361 g/mol. The van der Waals surface area contributed by atoms with E-state index in [0.717, 1.165) is 30.0 Å². The first kappa shape index (κ1) is 20.9. The summed E-state index contributed by atoms with van der Waals surface area (Å²) in [5.74, 6) is 2.07. The fourth-order valence-corrected chi connectivity index (χ4v) is 8.19. The van der Waals surface area contributed by atoms with Gasteiger partial charge in [0.2, 0.25) is 0 Å². The van der Waals surface area contributed by atoms with Gasteiger partial charge in [-0.2, -0.15) is 0 Å². The van der Waals surface area contributed by atoms with Crippen LogP contribution < -0.4 is 0 Å². The molecule has 0 rings (SSSR count). The van der Waals surface area contributed by atoms with Crippen molar-refractivity contribution in [1.82, 2.24) is 0 Å². The normalized spacial score (nSPS) is 12.9. The molecular formula is C11H28O5S2Si2. The maximum atomic E-state index is 9.34. The fourth-order valence-electron chi connectivity index (χ4n) is 1.53. The quantitative estimate of drug-likeness (QED) is 0.307. The molecule has 0 bridgehead atoms. The maximum Gasteiger partial charge on any atom is 0.364 e. The van der Waals surface area contributed by atoms with Crippen molar-refractivity contribution in [3.05, 3.63) is 0 Å². The summed E-state index contributed by atoms with van der Waals surface area (Å²) in [5.41, 5.74) is 0. The van der Waals surface area contributed by atoms with Crippen molar-refractivity contribution < 1.29 is 22.8 Å². The Kier molecular flexibility index (Phi) is 12.0. The minimum absolute atomic E-state index is 0.0173. The molecule has 0 unspecified atom stereocenters. The van der Waals surface area contributed by atoms with Gasteiger partial charge in [0.25, 0.3) is 0 Å². The topological polar surface area (TPSA) is 57.2 Å². The van der Waals surface area contributed by atoms with E-state index in [9.17, 15) is 5.11 Å². The molecule has 0 aromatic rings. The van der Waals surface area contributed by atoms with Crippen LogP contribution in [0.5, 0.6) is 0 Å². The van der Waals surface area contributed by atoms with Gasteiger partial charge in [0, 0.05) is 46.0 Å². The Morgan fingerprint density at radius 2 is 1.40 bits per heavy atom. The van der Waals surface area contributed by atoms with E-state index in [1.165, 1.54) is 0 Å². The maximum absolute atomic E-state index is 9.34. The van der Waals surface area contributed by atoms with E-state index in [1.54, 1.807) is 28.4 Å². The van der Waals surface area contributed by atoms with E-state index in [-0.39, 0.29) is 6.23 Å². The number of hydrogen-bond acceptors (Lipinski definition) is 7. The first-order chi connectivity index (χ1) is 9.51. The summed E-state index contributed by atoms with van der Waals surface area (Å²) < 4.78 is 21.6. The standard InChI is InChI=1S/C11H28O5S2Si2/c1-13-19(5,14-2)10-8-18-17-7-6-9-20(11-12,15-3)16-4/h12H,6-11H2,1-5H3. The molecule has 20 heavy (non-hydrogen) atoms. The molecule has 0 aromatic carbocycles. The SMILES string of the molecule is CO[Si](C)(CCSSCCC[Si](CO)(OC)OC)OC. The van der Waals surface area contributed by atoms with Crippen LogP contribution in [0.2, 0.25) is 18.6 Å². The lowest BCUT2D eigenvalue weighted by Gasteiger charge is -2.24. The molecule has 0 aliphatic carbocycles. The first-order valence-corrected chi connectivity index (χ1v) is 13.8. The lowest BCUT2D eigenvalue weighted by molar-refractivity contribution is 0.196. The summed E-state index contributed by atoms with van der Waals surface area (Å²) in [6.07, 6.45) is 1.01. The van der Waals surface area contributed by atoms with E-state index in [1.807, 2.05) is 21.6 Å². The third-order valence-corrected chi connectivity index (χ3v) is 12.2. The highest BCUT2D eigenvalue weighted by molar-refractivity contribution is 8.76. The van der Waals surface area contributed by atoms with E-state index in [4.69, 9.17) is 17.7 Å². The molecule has 0 atom stereocenters. The second-order valence-corrected chi connectivity index (χ2v) is 14.3. The number of aliphatic hydroxyl groups excluding tert-OH is 1. The van der Waals surface area contributed by atoms with Crippen LogP contribution in [-0.2, 0) is 17.7 Å². The Labute approximate surface area is 133 Å². The number of hydrogen-bond donors (Lipinski definition) is 1. The lowest BCUT2D eigenvalue weighted by Crippen LogP contribution is -2.44. The van der Waals surface area contributed by atoms with Crippen LogP contribution in [-0.4, -0.2) is 68.4 Å². The Morgan fingerprint density at radius 1 is 0.850 bits per heavy atom. The predicted octanol–water partition coefficient (Wildman–Crippen LogP) is 2.39. The lowest BCUT2D eigenvalue weighted by atomic mass is 10.6. The molecule has 0 radical (unpaired) electrons. The minimum atomic E-state index is -2.33. The zero-order chi connectivity index (χ0) is 15.5. The highest BCUT2D eigenvalue weighted by Crippen LogP contribution is 2.27. The summed E-state index contributed by atoms with van der Waals surface area (Å²) in [6, 6.07) is 1.82. The molecule has 0 amide bonds. The summed E-state index contributed by atoms with van der Waals surface area (Å²) in [4.78, 5) is 0. The van der Waals surface area contributed by atoms with E-state index >= 15 is 0 Å².